The zero-order valence-electron chi connectivity index (χ0n) is 18.0. The maximum Gasteiger partial charge on any atom is 0.407 e. The van der Waals surface area contributed by atoms with Crippen molar-refractivity contribution in [1.29, 1.82) is 0 Å². The third kappa shape index (κ3) is 6.40. The number of carbonyl (C=O) groups excluding carboxylic acids is 1. The van der Waals surface area contributed by atoms with Gasteiger partial charge in [0, 0.05) is 0 Å². The monoisotopic (exact) mass is 407 g/mol. The van der Waals surface area contributed by atoms with E-state index < -0.39 is 17.5 Å². The summed E-state index contributed by atoms with van der Waals surface area (Å²) < 4.78 is 29.2. The lowest BCUT2D eigenvalue weighted by Gasteiger charge is -2.25. The number of benzene rings is 1. The van der Waals surface area contributed by atoms with Gasteiger partial charge in [-0.2, -0.15) is 0 Å². The Hall–Kier alpha value is -1.67. The molecular formula is C22H33NO6. The summed E-state index contributed by atoms with van der Waals surface area (Å²) in [4.78, 5) is 12.2. The minimum Gasteiger partial charge on any atom is -0.444 e. The molecule has 1 aromatic carbocycles. The number of hydrogen-bond acceptors (Lipinski definition) is 6. The molecule has 1 aliphatic heterocycles. The molecule has 0 radical (unpaired) electrons. The van der Waals surface area contributed by atoms with E-state index in [0.29, 0.717) is 26.2 Å². The zero-order valence-corrected chi connectivity index (χ0v) is 18.0. The first-order chi connectivity index (χ1) is 13.6. The first-order valence-corrected chi connectivity index (χ1v) is 10.2. The van der Waals surface area contributed by atoms with E-state index in [4.69, 9.17) is 23.7 Å². The Balaban J connectivity index is 1.49. The zero-order chi connectivity index (χ0) is 21.1. The molecule has 1 aromatic rings. The standard InChI is InChI=1S/C22H33NO6/c1-21(2,3)29-20(24)23-16-13-17(19-18(16)27-22(4,5)28-19)26-12-11-25-14-15-9-7-6-8-10-15/h6-10,16-19H,11-14H2,1-5H3,(H,23,24)/t16-,17?,18+,19-/m1/s1. The van der Waals surface area contributed by atoms with Crippen molar-refractivity contribution in [2.24, 2.45) is 0 Å². The van der Waals surface area contributed by atoms with E-state index in [1.807, 2.05) is 65.0 Å². The average molecular weight is 408 g/mol. The lowest BCUT2D eigenvalue weighted by Crippen LogP contribution is -2.45. The molecular weight excluding hydrogens is 374 g/mol. The third-order valence-electron chi connectivity index (χ3n) is 4.79. The minimum absolute atomic E-state index is 0.179. The minimum atomic E-state index is -0.713. The summed E-state index contributed by atoms with van der Waals surface area (Å²) in [6, 6.07) is 9.79. The molecule has 2 aliphatic rings. The highest BCUT2D eigenvalue weighted by molar-refractivity contribution is 5.68. The summed E-state index contributed by atoms with van der Waals surface area (Å²) in [7, 11) is 0. The van der Waals surface area contributed by atoms with Crippen LogP contribution in [0.15, 0.2) is 30.3 Å². The van der Waals surface area contributed by atoms with Gasteiger partial charge in [-0.25, -0.2) is 4.79 Å². The fourth-order valence-corrected chi connectivity index (χ4v) is 3.72. The molecule has 4 atom stereocenters. The number of alkyl carbamates (subject to hydrolysis) is 1. The van der Waals surface area contributed by atoms with E-state index in [9.17, 15) is 4.79 Å². The molecule has 1 amide bonds. The van der Waals surface area contributed by atoms with Crippen molar-refractivity contribution in [2.45, 2.75) is 83.4 Å². The van der Waals surface area contributed by atoms with Gasteiger partial charge in [0.15, 0.2) is 5.79 Å². The highest BCUT2D eigenvalue weighted by Gasteiger charge is 2.55. The van der Waals surface area contributed by atoms with E-state index in [0.717, 1.165) is 5.56 Å². The molecule has 1 unspecified atom stereocenters. The van der Waals surface area contributed by atoms with Gasteiger partial charge in [0.25, 0.3) is 0 Å². The normalized spacial score (nSPS) is 28.2. The first-order valence-electron chi connectivity index (χ1n) is 10.2. The van der Waals surface area contributed by atoms with Crippen molar-refractivity contribution in [2.75, 3.05) is 13.2 Å². The van der Waals surface area contributed by atoms with E-state index in [2.05, 4.69) is 5.32 Å². The maximum absolute atomic E-state index is 12.2. The van der Waals surface area contributed by atoms with E-state index in [1.54, 1.807) is 0 Å². The summed E-state index contributed by atoms with van der Waals surface area (Å²) in [6.45, 7) is 10.7. The molecule has 0 bridgehead atoms. The van der Waals surface area contributed by atoms with Gasteiger partial charge in [0.1, 0.15) is 17.8 Å². The second kappa shape index (κ2) is 9.00. The van der Waals surface area contributed by atoms with Crippen molar-refractivity contribution < 1.29 is 28.5 Å². The van der Waals surface area contributed by atoms with Gasteiger partial charge in [0.2, 0.25) is 0 Å². The highest BCUT2D eigenvalue weighted by atomic mass is 16.8. The molecule has 1 saturated heterocycles. The van der Waals surface area contributed by atoms with Crippen LogP contribution in [0, 0.1) is 0 Å². The Morgan fingerprint density at radius 3 is 2.52 bits per heavy atom. The lowest BCUT2D eigenvalue weighted by molar-refractivity contribution is -0.169. The second-order valence-electron chi connectivity index (χ2n) is 9.00. The predicted octanol–water partition coefficient (Wildman–Crippen LogP) is 3.41. The van der Waals surface area contributed by atoms with Crippen LogP contribution < -0.4 is 5.32 Å². The second-order valence-corrected chi connectivity index (χ2v) is 9.00. The SMILES string of the molecule is CC(C)(C)OC(=O)N[C@@H]1CC(OCCOCc2ccccc2)[C@H]2OC(C)(C)O[C@H]21. The molecule has 1 N–H and O–H groups in total. The Kier molecular flexibility index (Phi) is 6.83. The van der Waals surface area contributed by atoms with Gasteiger partial charge in [0.05, 0.1) is 32.0 Å². The van der Waals surface area contributed by atoms with E-state index >= 15 is 0 Å². The van der Waals surface area contributed by atoms with Crippen molar-refractivity contribution in [3.8, 4) is 0 Å². The Morgan fingerprint density at radius 2 is 1.83 bits per heavy atom. The van der Waals surface area contributed by atoms with Crippen LogP contribution in [-0.2, 0) is 30.3 Å². The number of hydrogen-bond donors (Lipinski definition) is 1. The lowest BCUT2D eigenvalue weighted by atomic mass is 10.2. The van der Waals surface area contributed by atoms with E-state index in [1.165, 1.54) is 0 Å². The molecule has 7 nitrogen and oxygen atoms in total. The highest BCUT2D eigenvalue weighted by Crippen LogP contribution is 2.39. The van der Waals surface area contributed by atoms with Crippen LogP contribution in [-0.4, -0.2) is 55.0 Å². The first kappa shape index (κ1) is 22.0. The summed E-state index contributed by atoms with van der Waals surface area (Å²) in [5.41, 5.74) is 0.574. The van der Waals surface area contributed by atoms with Crippen molar-refractivity contribution >= 4 is 6.09 Å². The Bertz CT molecular complexity index is 672. The topological polar surface area (TPSA) is 75.3 Å². The van der Waals surface area contributed by atoms with Gasteiger partial charge in [-0.05, 0) is 46.6 Å². The average Bonchev–Trinajstić information content (AvgIpc) is 3.08. The fraction of sp³-hybridized carbons (Fsp3) is 0.682. The molecule has 1 saturated carbocycles. The Labute approximate surface area is 173 Å². The van der Waals surface area contributed by atoms with Gasteiger partial charge in [-0.3, -0.25) is 0 Å². The summed E-state index contributed by atoms with van der Waals surface area (Å²) in [6.07, 6.45) is -0.543. The smallest absolute Gasteiger partial charge is 0.407 e. The maximum atomic E-state index is 12.2. The van der Waals surface area contributed by atoms with Crippen molar-refractivity contribution in [3.63, 3.8) is 0 Å². The van der Waals surface area contributed by atoms with Gasteiger partial charge < -0.3 is 29.0 Å². The predicted molar refractivity (Wildman–Crippen MR) is 107 cm³/mol. The van der Waals surface area contributed by atoms with Crippen LogP contribution in [0.25, 0.3) is 0 Å². The third-order valence-corrected chi connectivity index (χ3v) is 4.79. The van der Waals surface area contributed by atoms with Crippen LogP contribution in [0.1, 0.15) is 46.6 Å². The fourth-order valence-electron chi connectivity index (χ4n) is 3.72. The summed E-state index contributed by atoms with van der Waals surface area (Å²) in [5, 5.41) is 2.92. The van der Waals surface area contributed by atoms with Crippen LogP contribution >= 0.6 is 0 Å². The van der Waals surface area contributed by atoms with Crippen LogP contribution in [0.3, 0.4) is 0 Å². The van der Waals surface area contributed by atoms with Gasteiger partial charge >= 0.3 is 6.09 Å². The Morgan fingerprint density at radius 1 is 1.14 bits per heavy atom. The number of rotatable bonds is 7. The number of fused-ring (bicyclic) bond motifs is 1. The molecule has 0 spiro atoms. The number of amides is 1. The van der Waals surface area contributed by atoms with Crippen molar-refractivity contribution in [3.05, 3.63) is 35.9 Å². The number of carbonyl (C=O) groups is 1. The van der Waals surface area contributed by atoms with Crippen LogP contribution in [0.4, 0.5) is 4.79 Å². The summed E-state index contributed by atoms with van der Waals surface area (Å²) in [5.74, 6) is -0.713. The van der Waals surface area contributed by atoms with Crippen molar-refractivity contribution in [1.82, 2.24) is 5.32 Å². The number of ether oxygens (including phenoxy) is 5. The quantitative estimate of drug-likeness (QED) is 0.698. The number of nitrogens with one attached hydrogen (secondary N) is 1. The molecule has 3 rings (SSSR count). The van der Waals surface area contributed by atoms with Gasteiger partial charge in [-0.1, -0.05) is 30.3 Å². The van der Waals surface area contributed by atoms with Crippen LogP contribution in [0.2, 0.25) is 0 Å². The van der Waals surface area contributed by atoms with Gasteiger partial charge in [-0.15, -0.1) is 0 Å². The summed E-state index contributed by atoms with van der Waals surface area (Å²) >= 11 is 0. The molecule has 7 heteroatoms. The molecule has 162 valence electrons. The molecule has 2 fully saturated rings. The molecule has 0 aromatic heterocycles. The van der Waals surface area contributed by atoms with E-state index in [-0.39, 0.29) is 24.4 Å². The molecule has 1 aliphatic carbocycles. The molecule has 1 heterocycles. The largest absolute Gasteiger partial charge is 0.444 e. The van der Waals surface area contributed by atoms with Crippen LogP contribution in [0.5, 0.6) is 0 Å². The molecule has 29 heavy (non-hydrogen) atoms.